The van der Waals surface area contributed by atoms with Crippen LogP contribution in [0.25, 0.3) is 0 Å². The monoisotopic (exact) mass is 213 g/mol. The minimum atomic E-state index is -0.294. The number of esters is 1. The Morgan fingerprint density at radius 1 is 1.53 bits per heavy atom. The van der Waals surface area contributed by atoms with E-state index in [1.54, 1.807) is 7.11 Å². The average Bonchev–Trinajstić information content (AvgIpc) is 2.18. The van der Waals surface area contributed by atoms with Gasteiger partial charge in [-0.2, -0.15) is 0 Å². The molecule has 0 spiro atoms. The second-order valence-corrected chi connectivity index (χ2v) is 3.74. The molecule has 0 radical (unpaired) electrons. The summed E-state index contributed by atoms with van der Waals surface area (Å²) < 4.78 is 10.2. The zero-order valence-corrected chi connectivity index (χ0v) is 9.63. The molecule has 0 heterocycles. The van der Waals surface area contributed by atoms with Crippen molar-refractivity contribution in [2.75, 3.05) is 26.8 Å². The van der Waals surface area contributed by atoms with Crippen LogP contribution >= 0.6 is 0 Å². The molecule has 0 aliphatic carbocycles. The third-order valence-electron chi connectivity index (χ3n) is 2.02. The molecule has 4 nitrogen and oxygen atoms in total. The molecule has 0 aromatic rings. The second kappa shape index (κ2) is 7.27. The minimum absolute atomic E-state index is 0.150. The van der Waals surface area contributed by atoms with Crippen molar-refractivity contribution in [2.45, 2.75) is 25.9 Å². The predicted octanol–water partition coefficient (Wildman–Crippen LogP) is 0.567. The number of terminal acetylenes is 1. The maximum Gasteiger partial charge on any atom is 0.319 e. The molecule has 0 amide bonds. The van der Waals surface area contributed by atoms with Gasteiger partial charge in [0.1, 0.15) is 0 Å². The van der Waals surface area contributed by atoms with Crippen LogP contribution in [0.15, 0.2) is 0 Å². The molecule has 0 unspecified atom stereocenters. The zero-order chi connectivity index (χ0) is 11.7. The fourth-order valence-electron chi connectivity index (χ4n) is 0.800. The van der Waals surface area contributed by atoms with Gasteiger partial charge in [-0.3, -0.25) is 10.1 Å². The van der Waals surface area contributed by atoms with Crippen molar-refractivity contribution < 1.29 is 14.3 Å². The number of nitrogens with one attached hydrogen (secondary N) is 1. The summed E-state index contributed by atoms with van der Waals surface area (Å²) in [7, 11) is 1.64. The SMILES string of the molecule is C#CCNCC(=O)OCCC(C)(C)OC. The van der Waals surface area contributed by atoms with Gasteiger partial charge in [0.25, 0.3) is 0 Å². The molecule has 1 N–H and O–H groups in total. The summed E-state index contributed by atoms with van der Waals surface area (Å²) in [5.74, 6) is 2.08. The van der Waals surface area contributed by atoms with E-state index in [0.29, 0.717) is 19.6 Å². The summed E-state index contributed by atoms with van der Waals surface area (Å²) >= 11 is 0. The first-order valence-corrected chi connectivity index (χ1v) is 4.87. The molecule has 0 aliphatic rings. The number of rotatable bonds is 7. The number of carbonyl (C=O) groups excluding carboxylic acids is 1. The number of hydrogen-bond donors (Lipinski definition) is 1. The van der Waals surface area contributed by atoms with Crippen LogP contribution in [0, 0.1) is 12.3 Å². The first-order chi connectivity index (χ1) is 7.02. The van der Waals surface area contributed by atoms with Crippen molar-refractivity contribution in [3.05, 3.63) is 0 Å². The van der Waals surface area contributed by atoms with Gasteiger partial charge in [-0.05, 0) is 13.8 Å². The Morgan fingerprint density at radius 2 is 2.20 bits per heavy atom. The van der Waals surface area contributed by atoms with Gasteiger partial charge in [-0.15, -0.1) is 6.42 Å². The fourth-order valence-corrected chi connectivity index (χ4v) is 0.800. The van der Waals surface area contributed by atoms with E-state index in [9.17, 15) is 4.79 Å². The van der Waals surface area contributed by atoms with Gasteiger partial charge in [0, 0.05) is 13.5 Å². The fraction of sp³-hybridized carbons (Fsp3) is 0.727. The lowest BCUT2D eigenvalue weighted by Gasteiger charge is -2.22. The van der Waals surface area contributed by atoms with Crippen LogP contribution in [0.2, 0.25) is 0 Å². The molecule has 0 aromatic heterocycles. The Morgan fingerprint density at radius 3 is 2.73 bits per heavy atom. The van der Waals surface area contributed by atoms with Gasteiger partial charge in [0.2, 0.25) is 0 Å². The molecule has 0 atom stereocenters. The quantitative estimate of drug-likeness (QED) is 0.381. The number of hydrogen-bond acceptors (Lipinski definition) is 4. The molecule has 86 valence electrons. The van der Waals surface area contributed by atoms with Crippen LogP contribution in [0.1, 0.15) is 20.3 Å². The summed E-state index contributed by atoms with van der Waals surface area (Å²) in [5, 5.41) is 2.75. The number of ether oxygens (including phenoxy) is 2. The van der Waals surface area contributed by atoms with Crippen molar-refractivity contribution in [2.24, 2.45) is 0 Å². The van der Waals surface area contributed by atoms with Crippen LogP contribution in [0.3, 0.4) is 0 Å². The molecule has 0 saturated heterocycles. The van der Waals surface area contributed by atoms with Gasteiger partial charge in [0.05, 0.1) is 25.3 Å². The topological polar surface area (TPSA) is 47.6 Å². The highest BCUT2D eigenvalue weighted by Crippen LogP contribution is 2.12. The molecule has 0 aromatic carbocycles. The smallest absolute Gasteiger partial charge is 0.319 e. The lowest BCUT2D eigenvalue weighted by Crippen LogP contribution is -2.28. The minimum Gasteiger partial charge on any atom is -0.465 e. The lowest BCUT2D eigenvalue weighted by molar-refractivity contribution is -0.144. The Kier molecular flexibility index (Phi) is 6.76. The van der Waals surface area contributed by atoms with Crippen molar-refractivity contribution in [1.29, 1.82) is 0 Å². The summed E-state index contributed by atoms with van der Waals surface area (Å²) in [6.07, 6.45) is 5.68. The van der Waals surface area contributed by atoms with Gasteiger partial charge < -0.3 is 9.47 Å². The number of methoxy groups -OCH3 is 1. The Bertz CT molecular complexity index is 230. The Hall–Kier alpha value is -1.05. The van der Waals surface area contributed by atoms with Gasteiger partial charge in [0.15, 0.2) is 0 Å². The highest BCUT2D eigenvalue weighted by atomic mass is 16.5. The van der Waals surface area contributed by atoms with Crippen molar-refractivity contribution in [3.8, 4) is 12.3 Å². The van der Waals surface area contributed by atoms with Crippen LogP contribution in [0.5, 0.6) is 0 Å². The Labute approximate surface area is 91.3 Å². The van der Waals surface area contributed by atoms with Crippen molar-refractivity contribution in [1.82, 2.24) is 5.32 Å². The van der Waals surface area contributed by atoms with Crippen LogP contribution in [-0.4, -0.2) is 38.4 Å². The van der Waals surface area contributed by atoms with Crippen LogP contribution in [-0.2, 0) is 14.3 Å². The van der Waals surface area contributed by atoms with Gasteiger partial charge >= 0.3 is 5.97 Å². The van der Waals surface area contributed by atoms with Gasteiger partial charge in [-0.1, -0.05) is 5.92 Å². The predicted molar refractivity (Wildman–Crippen MR) is 58.4 cm³/mol. The van der Waals surface area contributed by atoms with Crippen molar-refractivity contribution >= 4 is 5.97 Å². The molecule has 0 bridgehead atoms. The van der Waals surface area contributed by atoms with Crippen LogP contribution < -0.4 is 5.32 Å². The maximum absolute atomic E-state index is 11.1. The Balaban J connectivity index is 3.52. The largest absolute Gasteiger partial charge is 0.465 e. The van der Waals surface area contributed by atoms with E-state index in [1.807, 2.05) is 13.8 Å². The molecule has 15 heavy (non-hydrogen) atoms. The van der Waals surface area contributed by atoms with Crippen LogP contribution in [0.4, 0.5) is 0 Å². The average molecular weight is 213 g/mol. The van der Waals surface area contributed by atoms with Gasteiger partial charge in [-0.25, -0.2) is 0 Å². The highest BCUT2D eigenvalue weighted by Gasteiger charge is 2.16. The van der Waals surface area contributed by atoms with E-state index in [0.717, 1.165) is 0 Å². The molecule has 4 heteroatoms. The van der Waals surface area contributed by atoms with E-state index in [1.165, 1.54) is 0 Å². The standard InChI is InChI=1S/C11H19NO3/c1-5-7-12-9-10(13)15-8-6-11(2,3)14-4/h1,12H,6-9H2,2-4H3. The molecular formula is C11H19NO3. The molecule has 0 aliphatic heterocycles. The lowest BCUT2D eigenvalue weighted by atomic mass is 10.1. The highest BCUT2D eigenvalue weighted by molar-refractivity contribution is 5.71. The maximum atomic E-state index is 11.1. The normalized spacial score (nSPS) is 10.8. The molecule has 0 rings (SSSR count). The first-order valence-electron chi connectivity index (χ1n) is 4.87. The third kappa shape index (κ3) is 7.98. The molecular weight excluding hydrogens is 194 g/mol. The second-order valence-electron chi connectivity index (χ2n) is 3.74. The first kappa shape index (κ1) is 13.9. The van der Waals surface area contributed by atoms with E-state index >= 15 is 0 Å². The van der Waals surface area contributed by atoms with E-state index in [-0.39, 0.29) is 18.1 Å². The summed E-state index contributed by atoms with van der Waals surface area (Å²) in [6, 6.07) is 0. The van der Waals surface area contributed by atoms with E-state index in [2.05, 4.69) is 11.2 Å². The molecule has 0 saturated carbocycles. The number of carbonyl (C=O) groups is 1. The molecule has 0 fully saturated rings. The summed E-state index contributed by atoms with van der Waals surface area (Å²) in [5.41, 5.74) is -0.257. The summed E-state index contributed by atoms with van der Waals surface area (Å²) in [6.45, 7) is 4.77. The van der Waals surface area contributed by atoms with E-state index in [4.69, 9.17) is 15.9 Å². The zero-order valence-electron chi connectivity index (χ0n) is 9.63. The third-order valence-corrected chi connectivity index (χ3v) is 2.02. The van der Waals surface area contributed by atoms with Crippen molar-refractivity contribution in [3.63, 3.8) is 0 Å². The summed E-state index contributed by atoms with van der Waals surface area (Å²) in [4.78, 5) is 11.1. The van der Waals surface area contributed by atoms with E-state index < -0.39 is 0 Å².